The Kier molecular flexibility index (Phi) is 47.5. The van der Waals surface area contributed by atoms with Crippen molar-refractivity contribution in [1.29, 1.82) is 0 Å². The van der Waals surface area contributed by atoms with E-state index in [1.54, 1.807) is 40.7 Å². The molecule has 3 aliphatic rings. The van der Waals surface area contributed by atoms with Gasteiger partial charge in [-0.25, -0.2) is 58.9 Å². The van der Waals surface area contributed by atoms with Crippen molar-refractivity contribution in [2.24, 2.45) is 0 Å². The number of phenols is 3. The third-order valence-electron chi connectivity index (χ3n) is 15.1. The zero-order valence-electron chi connectivity index (χ0n) is 68.9. The average molecular weight is 1810 g/mol. The highest BCUT2D eigenvalue weighted by Gasteiger charge is 2.36. The summed E-state index contributed by atoms with van der Waals surface area (Å²) in [6, 6.07) is 18.8. The number of phenolic OH excluding ortho intramolecular Hbond substituents is 2. The van der Waals surface area contributed by atoms with E-state index in [1.807, 2.05) is 62.3 Å². The molecule has 0 unspecified atom stereocenters. The molecule has 31 heteroatoms. The number of allylic oxidation sites excluding steroid dienone is 3. The largest absolute Gasteiger partial charge is 0.507 e. The second kappa shape index (κ2) is 52.0. The number of rotatable bonds is 20. The van der Waals surface area contributed by atoms with E-state index < -0.39 is 85.1 Å². The second-order valence-electron chi connectivity index (χ2n) is 29.7. The molecule has 122 heavy (non-hydrogen) atoms. The van der Waals surface area contributed by atoms with Gasteiger partial charge in [-0.05, 0) is 223 Å². The predicted molar refractivity (Wildman–Crippen MR) is 467 cm³/mol. The Balaban J connectivity index is 0.00000138. The molecule has 0 spiro atoms. The van der Waals surface area contributed by atoms with Gasteiger partial charge >= 0.3 is 29.8 Å². The molecule has 6 N–H and O–H groups in total. The minimum absolute atomic E-state index is 0. The monoisotopic (exact) mass is 1810 g/mol. The summed E-state index contributed by atoms with van der Waals surface area (Å²) in [7, 11) is 7.36. The van der Waals surface area contributed by atoms with E-state index in [2.05, 4.69) is 60.8 Å². The number of fused-ring (bicyclic) bond motifs is 3. The van der Waals surface area contributed by atoms with E-state index in [4.69, 9.17) is 81.0 Å². The summed E-state index contributed by atoms with van der Waals surface area (Å²) >= 11 is 11.0. The van der Waals surface area contributed by atoms with E-state index in [0.29, 0.717) is 70.1 Å². The molecule has 0 amide bonds. The quantitative estimate of drug-likeness (QED) is 0.0103. The smallest absolute Gasteiger partial charge is 0.342 e. The fourth-order valence-corrected chi connectivity index (χ4v) is 10.7. The van der Waals surface area contributed by atoms with E-state index in [-0.39, 0.29) is 122 Å². The molecule has 668 valence electrons. The number of hydrogen-bond acceptors (Lipinski definition) is 17. The van der Waals surface area contributed by atoms with Crippen LogP contribution in [-0.2, 0) is 61.6 Å². The first-order chi connectivity index (χ1) is 55.5. The number of aliphatic hydroxyl groups is 1. The van der Waals surface area contributed by atoms with Crippen molar-refractivity contribution in [2.45, 2.75) is 167 Å². The van der Waals surface area contributed by atoms with E-state index in [1.165, 1.54) is 48.5 Å². The molecule has 0 aromatic heterocycles. The number of aromatic carboxylic acids is 2. The average Bonchev–Trinajstić information content (AvgIpc) is 1.67. The van der Waals surface area contributed by atoms with Crippen LogP contribution in [0.1, 0.15) is 203 Å². The number of carboxylic acid groups (broad SMARTS) is 2. The van der Waals surface area contributed by atoms with Gasteiger partial charge in [0.1, 0.15) is 152 Å². The lowest BCUT2D eigenvalue weighted by atomic mass is 10.0. The van der Waals surface area contributed by atoms with Gasteiger partial charge in [-0.2, -0.15) is 0 Å². The van der Waals surface area contributed by atoms with Crippen LogP contribution in [0, 0.1) is 40.7 Å². The number of halogens is 11. The first-order valence-corrected chi connectivity index (χ1v) is 39.9. The van der Waals surface area contributed by atoms with Crippen molar-refractivity contribution in [3.63, 3.8) is 0 Å². The summed E-state index contributed by atoms with van der Waals surface area (Å²) in [4.78, 5) is 56.5. The molecular weight excluding hydrogens is 1700 g/mol. The summed E-state index contributed by atoms with van der Waals surface area (Å²) in [6.45, 7) is 47.7. The van der Waals surface area contributed by atoms with Crippen molar-refractivity contribution in [1.82, 2.24) is 0 Å². The highest BCUT2D eigenvalue weighted by atomic mass is 36.0. The highest BCUT2D eigenvalue weighted by Crippen LogP contribution is 2.42. The van der Waals surface area contributed by atoms with Gasteiger partial charge in [-0.15, -0.1) is 23.2 Å². The normalized spacial score (nSPS) is 12.3. The van der Waals surface area contributed by atoms with Crippen LogP contribution in [0.4, 0.5) is 30.7 Å². The van der Waals surface area contributed by atoms with Crippen LogP contribution in [-0.4, -0.2) is 114 Å². The topological polar surface area (TPSA) is 288 Å². The molecule has 10 rings (SSSR count). The van der Waals surface area contributed by atoms with E-state index in [9.17, 15) is 64.9 Å². The van der Waals surface area contributed by atoms with Gasteiger partial charge in [0.15, 0.2) is 0 Å². The third kappa shape index (κ3) is 40.0. The Morgan fingerprint density at radius 1 is 0.451 bits per heavy atom. The van der Waals surface area contributed by atoms with Crippen LogP contribution >= 0.6 is 44.6 Å². The molecule has 3 heterocycles. The van der Waals surface area contributed by atoms with Gasteiger partial charge in [0.2, 0.25) is 9.23 Å². The van der Waals surface area contributed by atoms with Gasteiger partial charge in [0.25, 0.3) is 0 Å². The number of benzene rings is 7. The lowest BCUT2D eigenvalue weighted by Crippen LogP contribution is -2.25. The summed E-state index contributed by atoms with van der Waals surface area (Å²) in [6.07, 6.45) is 3.84. The lowest BCUT2D eigenvalue weighted by molar-refractivity contribution is 0.0526. The maximum Gasteiger partial charge on any atom is 0.342 e. The van der Waals surface area contributed by atoms with Crippen molar-refractivity contribution in [3.05, 3.63) is 283 Å². The van der Waals surface area contributed by atoms with Crippen LogP contribution in [0.2, 0.25) is 0 Å². The Morgan fingerprint density at radius 3 is 1.17 bits per heavy atom. The first kappa shape index (κ1) is 111. The number of hydrogen-bond donors (Lipinski definition) is 6. The molecule has 7 aromatic carbocycles. The number of ether oxygens (including phenoxy) is 7. The van der Waals surface area contributed by atoms with Crippen LogP contribution in [0.25, 0.3) is 6.08 Å². The van der Waals surface area contributed by atoms with Crippen LogP contribution in [0.15, 0.2) is 176 Å². The summed E-state index contributed by atoms with van der Waals surface area (Å²) in [5.41, 5.74) is 7.87. The standard InChI is InChI=1S/3C15H17FO3.C11H12ClFO.C11H11FO3.C11H13FO2.C7H5FO3.C4H7Cl.2CH4.Cl2OS/c2*1-9(2)5-11-6-12(16)7-13(14(11)17)15(18)19-8-10(3)4;1-10(2)8-18-14-6-5-12(16)7-13(14)15(17)19-9-11(3)4;1-11(2)5-7-3-9(13)4-8(6-12)10(7)14-11;1-11(2)5-6-3-7(12)4-8(10(13)14)9(6)15-11;1-11(2)5-7-3-9(12)4-8(6-13)10(7)14-11;8-4-1-2-6(9)5(3-4)7(10)11;1-4(2)3-5;;;1-4(2)3/h5-7,17H,3,8H2,1-2,4H3;6-7,17H,1,3,5,8H2,2,4H3;5-7H,1,3,8-9H2,2,4H3;3-4H,5-6H2,1-2H3;3-4H,5H2,1-2H3,(H,13,14);3-4,13H,5-6H2,1-2H3;1-3,9H,(H,10,11);1,3H2,2H3;2*1H4;. The predicted octanol–water partition coefficient (Wildman–Crippen LogP) is 23.5. The fourth-order valence-electron chi connectivity index (χ4n) is 10.5. The minimum Gasteiger partial charge on any atom is -0.507 e. The molecule has 3 aliphatic heterocycles. The van der Waals surface area contributed by atoms with Crippen molar-refractivity contribution >= 4 is 89.7 Å². The molecule has 0 saturated heterocycles. The number of alkyl halides is 2. The molecule has 0 aliphatic carbocycles. The van der Waals surface area contributed by atoms with Gasteiger partial charge in [0.05, 0.1) is 12.5 Å². The zero-order valence-corrected chi connectivity index (χ0v) is 72.7. The van der Waals surface area contributed by atoms with Gasteiger partial charge in [-0.1, -0.05) is 77.1 Å². The number of carbonyl (C=O) groups excluding carboxylic acids is 3. The Morgan fingerprint density at radius 2 is 0.787 bits per heavy atom. The number of aromatic hydroxyl groups is 3. The Bertz CT molecular complexity index is 4880. The Hall–Kier alpha value is -10.6. The lowest BCUT2D eigenvalue weighted by Gasteiger charge is -2.17. The highest BCUT2D eigenvalue weighted by molar-refractivity contribution is 8.26. The number of esters is 3. The van der Waals surface area contributed by atoms with Gasteiger partial charge in [-0.3, -0.25) is 0 Å². The number of aliphatic hydroxyl groups excluding tert-OH is 1. The zero-order chi connectivity index (χ0) is 91.8. The fraction of sp³-hybridized carbons (Fsp3) is 0.330. The van der Waals surface area contributed by atoms with Crippen molar-refractivity contribution in [3.8, 4) is 40.2 Å². The summed E-state index contributed by atoms with van der Waals surface area (Å²) in [5, 5.41) is 55.1. The molecule has 7 aromatic rings. The third-order valence-corrected chi connectivity index (χ3v) is 15.9. The molecule has 0 bridgehead atoms. The van der Waals surface area contributed by atoms with Gasteiger partial charge in [0, 0.05) is 85.5 Å². The minimum atomic E-state index is -1.67. The van der Waals surface area contributed by atoms with Crippen molar-refractivity contribution in [2.75, 3.05) is 32.3 Å². The molecule has 0 saturated carbocycles. The van der Waals surface area contributed by atoms with Crippen LogP contribution in [0.3, 0.4) is 0 Å². The molecule has 19 nitrogen and oxygen atoms in total. The van der Waals surface area contributed by atoms with Crippen LogP contribution in [0.5, 0.6) is 40.2 Å². The maximum absolute atomic E-state index is 13.5. The maximum atomic E-state index is 13.5. The second-order valence-corrected chi connectivity index (χ2v) is 32.8. The summed E-state index contributed by atoms with van der Waals surface area (Å²) in [5.74, 6) is -6.30. The molecule has 0 atom stereocenters. The Labute approximate surface area is 730 Å². The molecular formula is C91H107Cl4F7O19S. The number of carbonyl (C=O) groups is 5. The number of carboxylic acids is 2. The van der Waals surface area contributed by atoms with E-state index >= 15 is 0 Å². The molecule has 0 radical (unpaired) electrons. The van der Waals surface area contributed by atoms with Crippen LogP contribution < -0.4 is 18.9 Å². The first-order valence-electron chi connectivity index (χ1n) is 36.0. The van der Waals surface area contributed by atoms with Gasteiger partial charge < -0.3 is 63.8 Å². The van der Waals surface area contributed by atoms with E-state index in [0.717, 1.165) is 99.7 Å². The molecule has 0 fully saturated rings. The SMILES string of the molecule is C.C.C=C(C)CCl.C=C(C)COC(=O)c1cc(F)cc(C=C(C)C)c1O.C=C(C)COC(=O)c1cc(F)cc(CC(=C)C)c1O.C=C(C)COC(=O)c1cc(F)ccc1OCC(=C)C.CC1(C)Cc2cc(F)cc(C(=O)O)c2O1.CC1(C)Cc2cc(F)cc(CCl)c2O1.CC1(C)Cc2cc(F)cc(CO)c2O1.O=C(O)c1cc(F)ccc1O.O=S(Cl)Cl. The van der Waals surface area contributed by atoms with Crippen molar-refractivity contribution < 1.29 is 123 Å². The summed E-state index contributed by atoms with van der Waals surface area (Å²) < 4.78 is 138.